The van der Waals surface area contributed by atoms with Gasteiger partial charge in [-0.05, 0) is 31.9 Å². The molecule has 12 nitrogen and oxygen atoms in total. The fourth-order valence-corrected chi connectivity index (χ4v) is 7.11. The first-order chi connectivity index (χ1) is 18.4. The van der Waals surface area contributed by atoms with Crippen LogP contribution in [0.3, 0.4) is 0 Å². The molecule has 1 saturated heterocycles. The molecule has 4 N–H and O–H groups in total. The summed E-state index contributed by atoms with van der Waals surface area (Å²) in [5, 5.41) is 33.5. The summed E-state index contributed by atoms with van der Waals surface area (Å²) < 4.78 is 5.77. The number of aliphatic hydroxyl groups excluding tert-OH is 1. The van der Waals surface area contributed by atoms with Gasteiger partial charge in [-0.1, -0.05) is 53.4 Å². The number of aromatic nitrogens is 2. The molecular weight excluding hydrogens is 566 g/mol. The predicted molar refractivity (Wildman–Crippen MR) is 145 cm³/mol. The van der Waals surface area contributed by atoms with E-state index >= 15 is 0 Å². The lowest BCUT2D eigenvalue weighted by Crippen LogP contribution is -2.70. The van der Waals surface area contributed by atoms with Gasteiger partial charge >= 0.3 is 12.1 Å². The lowest BCUT2D eigenvalue weighted by Gasteiger charge is -2.49. The summed E-state index contributed by atoms with van der Waals surface area (Å²) in [4.78, 5) is 50.5. The van der Waals surface area contributed by atoms with Gasteiger partial charge in [0.05, 0.1) is 6.54 Å². The number of fused-ring (bicyclic) bond motifs is 1. The molecule has 3 atom stereocenters. The van der Waals surface area contributed by atoms with Gasteiger partial charge < -0.3 is 25.6 Å². The first-order valence-electron chi connectivity index (χ1n) is 11.8. The number of ether oxygens (including phenoxy) is 1. The van der Waals surface area contributed by atoms with Gasteiger partial charge in [0.25, 0.3) is 11.8 Å². The fourth-order valence-electron chi connectivity index (χ4n) is 3.79. The Morgan fingerprint density at radius 1 is 1.23 bits per heavy atom. The van der Waals surface area contributed by atoms with E-state index in [-0.39, 0.29) is 18.0 Å². The second kappa shape index (κ2) is 11.9. The molecule has 15 heteroatoms. The van der Waals surface area contributed by atoms with Crippen molar-refractivity contribution in [3.63, 3.8) is 0 Å². The van der Waals surface area contributed by atoms with Crippen LogP contribution < -0.4 is 10.6 Å². The van der Waals surface area contributed by atoms with Crippen molar-refractivity contribution in [2.24, 2.45) is 0 Å². The highest BCUT2D eigenvalue weighted by atomic mass is 32.2. The normalized spacial score (nSPS) is 19.6. The van der Waals surface area contributed by atoms with Gasteiger partial charge in [0.1, 0.15) is 27.7 Å². The molecule has 0 radical (unpaired) electrons. The van der Waals surface area contributed by atoms with Crippen LogP contribution in [-0.4, -0.2) is 77.7 Å². The van der Waals surface area contributed by atoms with Gasteiger partial charge in [-0.2, -0.15) is 0 Å². The molecule has 0 spiro atoms. The number of carbonyl (C=O) groups is 4. The van der Waals surface area contributed by atoms with Gasteiger partial charge in [-0.15, -0.1) is 22.0 Å². The number of hydrogen-bond donors (Lipinski definition) is 4. The van der Waals surface area contributed by atoms with Crippen LogP contribution in [0.5, 0.6) is 0 Å². The topological polar surface area (TPSA) is 171 Å². The Kier molecular flexibility index (Phi) is 8.83. The molecule has 4 rings (SSSR count). The van der Waals surface area contributed by atoms with Crippen molar-refractivity contribution < 1.29 is 34.1 Å². The van der Waals surface area contributed by atoms with Crippen molar-refractivity contribution in [3.05, 3.63) is 52.2 Å². The standard InChI is InChI=1S/C24H27N5O7S3/c1-24(2,3)36-22(35)25-9-14-27-28-23(39-14)38-11-13-10-37-20-15(19(32)29(20)16(13)21(33)34)26-18(31)17(30)12-7-5-4-6-8-12/h4-8,15,17,20,30H,9-11H2,1-3H3,(H,25,35)(H,26,31)(H,33,34)/t15?,17-,20-/m1/s1. The molecule has 0 saturated carbocycles. The lowest BCUT2D eigenvalue weighted by atomic mass is 10.0. The maximum Gasteiger partial charge on any atom is 0.408 e. The lowest BCUT2D eigenvalue weighted by molar-refractivity contribution is -0.151. The summed E-state index contributed by atoms with van der Waals surface area (Å²) in [7, 11) is 0. The smallest absolute Gasteiger partial charge is 0.408 e. The van der Waals surface area contributed by atoms with Crippen molar-refractivity contribution in [2.45, 2.75) is 54.8 Å². The maximum absolute atomic E-state index is 12.9. The Morgan fingerprint density at radius 2 is 1.95 bits per heavy atom. The number of carboxylic acids is 1. The number of nitrogens with one attached hydrogen (secondary N) is 2. The van der Waals surface area contributed by atoms with Crippen LogP contribution in [0.4, 0.5) is 4.79 Å². The van der Waals surface area contributed by atoms with Gasteiger partial charge in [-0.3, -0.25) is 14.5 Å². The molecule has 1 fully saturated rings. The summed E-state index contributed by atoms with van der Waals surface area (Å²) in [6.45, 7) is 5.43. The van der Waals surface area contributed by atoms with E-state index in [1.165, 1.54) is 39.8 Å². The van der Waals surface area contributed by atoms with Crippen molar-refractivity contribution in [2.75, 3.05) is 11.5 Å². The van der Waals surface area contributed by atoms with E-state index in [0.29, 0.717) is 26.2 Å². The molecule has 39 heavy (non-hydrogen) atoms. The van der Waals surface area contributed by atoms with E-state index in [2.05, 4.69) is 20.8 Å². The third-order valence-corrected chi connectivity index (χ3v) is 8.99. The van der Waals surface area contributed by atoms with E-state index in [0.717, 1.165) is 0 Å². The molecule has 0 bridgehead atoms. The fraction of sp³-hybridized carbons (Fsp3) is 0.417. The molecule has 1 aromatic heterocycles. The summed E-state index contributed by atoms with van der Waals surface area (Å²) in [6.07, 6.45) is -2.01. The maximum atomic E-state index is 12.9. The second-order valence-corrected chi connectivity index (χ2v) is 13.0. The molecule has 0 aliphatic carbocycles. The van der Waals surface area contributed by atoms with E-state index in [4.69, 9.17) is 4.74 Å². The summed E-state index contributed by atoms with van der Waals surface area (Å²) >= 11 is 3.88. The zero-order valence-electron chi connectivity index (χ0n) is 21.2. The molecule has 1 aromatic carbocycles. The summed E-state index contributed by atoms with van der Waals surface area (Å²) in [5.41, 5.74) is 0.202. The van der Waals surface area contributed by atoms with Crippen LogP contribution >= 0.6 is 34.9 Å². The Bertz CT molecular complexity index is 1290. The predicted octanol–water partition coefficient (Wildman–Crippen LogP) is 2.13. The summed E-state index contributed by atoms with van der Waals surface area (Å²) in [6, 6.07) is 7.39. The van der Waals surface area contributed by atoms with Gasteiger partial charge in [0.15, 0.2) is 10.4 Å². The highest BCUT2D eigenvalue weighted by molar-refractivity contribution is 8.01. The van der Waals surface area contributed by atoms with E-state index < -0.39 is 47.0 Å². The SMILES string of the molecule is CC(C)(C)OC(=O)NCc1nnc(SCC2=C(C(=O)O)N3C(=O)C(NC(=O)[C@H](O)c4ccccc4)[C@H]3SC2)s1. The Balaban J connectivity index is 1.35. The number of nitrogens with zero attached hydrogens (tertiary/aromatic N) is 3. The first-order valence-corrected chi connectivity index (χ1v) is 14.6. The van der Waals surface area contributed by atoms with E-state index in [9.17, 15) is 29.4 Å². The van der Waals surface area contributed by atoms with Crippen LogP contribution in [-0.2, 0) is 25.7 Å². The Labute approximate surface area is 236 Å². The van der Waals surface area contributed by atoms with Crippen molar-refractivity contribution >= 4 is 58.7 Å². The second-order valence-electron chi connectivity index (χ2n) is 9.57. The first kappa shape index (κ1) is 28.9. The molecule has 208 valence electrons. The Hall–Kier alpha value is -3.14. The molecule has 2 aromatic rings. The van der Waals surface area contributed by atoms with Crippen LogP contribution in [0.2, 0.25) is 0 Å². The van der Waals surface area contributed by atoms with Crippen LogP contribution in [0.15, 0.2) is 45.9 Å². The molecule has 3 heterocycles. The van der Waals surface area contributed by atoms with Crippen molar-refractivity contribution in [3.8, 4) is 0 Å². The van der Waals surface area contributed by atoms with Crippen molar-refractivity contribution in [1.82, 2.24) is 25.7 Å². The zero-order valence-corrected chi connectivity index (χ0v) is 23.7. The molecule has 2 aliphatic heterocycles. The number of benzene rings is 1. The minimum atomic E-state index is -1.45. The van der Waals surface area contributed by atoms with Gasteiger partial charge in [0.2, 0.25) is 0 Å². The average molecular weight is 594 g/mol. The van der Waals surface area contributed by atoms with Crippen LogP contribution in [0.1, 0.15) is 37.4 Å². The number of rotatable bonds is 9. The third kappa shape index (κ3) is 6.90. The number of aliphatic carboxylic acids is 1. The highest BCUT2D eigenvalue weighted by Crippen LogP contribution is 2.42. The Morgan fingerprint density at radius 3 is 2.62 bits per heavy atom. The number of carbonyl (C=O) groups excluding carboxylic acids is 3. The van der Waals surface area contributed by atoms with Crippen LogP contribution in [0.25, 0.3) is 0 Å². The summed E-state index contributed by atoms with van der Waals surface area (Å²) in [5.74, 6) is -1.91. The number of alkyl carbamates (subject to hydrolysis) is 1. The largest absolute Gasteiger partial charge is 0.477 e. The van der Waals surface area contributed by atoms with E-state index in [1.54, 1.807) is 51.1 Å². The average Bonchev–Trinajstić information content (AvgIpc) is 3.35. The van der Waals surface area contributed by atoms with E-state index in [1.807, 2.05) is 0 Å². The minimum Gasteiger partial charge on any atom is -0.477 e. The minimum absolute atomic E-state index is 0.110. The number of aliphatic hydroxyl groups is 1. The quantitative estimate of drug-likeness (QED) is 0.248. The molecule has 3 amide bonds. The monoisotopic (exact) mass is 593 g/mol. The molecular formula is C24H27N5O7S3. The zero-order chi connectivity index (χ0) is 28.3. The van der Waals surface area contributed by atoms with Gasteiger partial charge in [-0.25, -0.2) is 9.59 Å². The van der Waals surface area contributed by atoms with Crippen LogP contribution in [0, 0.1) is 0 Å². The molecule has 1 unspecified atom stereocenters. The number of thioether (sulfide) groups is 2. The highest BCUT2D eigenvalue weighted by Gasteiger charge is 2.54. The molecule has 2 aliphatic rings. The number of carboxylic acid groups (broad SMARTS) is 1. The van der Waals surface area contributed by atoms with Gasteiger partial charge in [0, 0.05) is 11.5 Å². The van der Waals surface area contributed by atoms with Crippen molar-refractivity contribution in [1.29, 1.82) is 0 Å². The third-order valence-electron chi connectivity index (χ3n) is 5.51. The number of β-lactam (4-membered cyclic amide) rings is 1. The number of hydrogen-bond acceptors (Lipinski definition) is 11. The number of amides is 3.